The smallest absolute Gasteiger partial charge is 0.115 e. The fraction of sp³-hybridized carbons (Fsp3) is 0.522. The topological polar surface area (TPSA) is 62.8 Å². The van der Waals surface area contributed by atoms with Gasteiger partial charge in [-0.2, -0.15) is 15.3 Å². The van der Waals surface area contributed by atoms with Crippen molar-refractivity contribution in [2.75, 3.05) is 0 Å². The Morgan fingerprint density at radius 1 is 1.25 bits per heavy atom. The van der Waals surface area contributed by atoms with Crippen LogP contribution in [0.2, 0.25) is 0 Å². The number of phenols is 1. The van der Waals surface area contributed by atoms with E-state index in [2.05, 4.69) is 23.2 Å². The first-order valence-corrected chi connectivity index (χ1v) is 10.5. The molecule has 0 amide bonds. The summed E-state index contributed by atoms with van der Waals surface area (Å²) in [6.45, 7) is 2.42. The monoisotopic (exact) mass is 376 g/mol. The molecule has 3 aliphatic rings. The average molecular weight is 377 g/mol. The molecule has 0 spiro atoms. The van der Waals surface area contributed by atoms with Gasteiger partial charge in [-0.25, -0.2) is 0 Å². The molecule has 2 aromatic rings. The molecule has 1 aromatic heterocycles. The Labute approximate surface area is 166 Å². The number of rotatable bonds is 2. The predicted octanol–water partition coefficient (Wildman–Crippen LogP) is 4.46. The zero-order valence-electron chi connectivity index (χ0n) is 16.7. The Balaban J connectivity index is 1.39. The summed E-state index contributed by atoms with van der Waals surface area (Å²) in [7, 11) is 1.91. The fourth-order valence-electron chi connectivity index (χ4n) is 6.19. The summed E-state index contributed by atoms with van der Waals surface area (Å²) in [5, 5.41) is 23.1. The van der Waals surface area contributed by atoms with Gasteiger partial charge in [0.05, 0.1) is 12.4 Å². The van der Waals surface area contributed by atoms with Gasteiger partial charge in [-0.3, -0.25) is 4.68 Å². The quantitative estimate of drug-likeness (QED) is 0.621. The number of fused-ring (bicyclic) bond motifs is 5. The van der Waals surface area contributed by atoms with Crippen molar-refractivity contribution in [2.24, 2.45) is 34.5 Å². The summed E-state index contributed by atoms with van der Waals surface area (Å²) < 4.78 is 1.78. The van der Waals surface area contributed by atoms with Crippen molar-refractivity contribution in [3.63, 3.8) is 0 Å². The van der Waals surface area contributed by atoms with Crippen LogP contribution in [0.25, 0.3) is 0 Å². The van der Waals surface area contributed by atoms with Crippen LogP contribution < -0.4 is 0 Å². The Bertz CT molecular complexity index is 959. The molecule has 5 rings (SSSR count). The third kappa shape index (κ3) is 2.79. The van der Waals surface area contributed by atoms with Crippen LogP contribution in [0.15, 0.2) is 40.8 Å². The van der Waals surface area contributed by atoms with E-state index in [0.717, 1.165) is 24.3 Å². The van der Waals surface area contributed by atoms with E-state index in [1.807, 2.05) is 37.8 Å². The van der Waals surface area contributed by atoms with E-state index in [1.165, 1.54) is 42.5 Å². The molecule has 5 nitrogen and oxygen atoms in total. The highest BCUT2D eigenvalue weighted by atomic mass is 16.3. The van der Waals surface area contributed by atoms with E-state index in [9.17, 15) is 5.11 Å². The molecule has 3 aliphatic carbocycles. The summed E-state index contributed by atoms with van der Waals surface area (Å²) in [4.78, 5) is 0. The summed E-state index contributed by atoms with van der Waals surface area (Å²) in [5.41, 5.74) is 5.30. The predicted molar refractivity (Wildman–Crippen MR) is 111 cm³/mol. The maximum Gasteiger partial charge on any atom is 0.115 e. The SMILES string of the molecule is Cn1cc(C=NN=C2CCC3C4CCc5cc(O)ccc5C4CCC23C)cn1. The second kappa shape index (κ2) is 6.57. The highest BCUT2D eigenvalue weighted by Crippen LogP contribution is 2.60. The zero-order valence-corrected chi connectivity index (χ0v) is 16.7. The molecule has 0 aliphatic heterocycles. The Kier molecular flexibility index (Phi) is 4.14. The molecule has 2 fully saturated rings. The van der Waals surface area contributed by atoms with Gasteiger partial charge < -0.3 is 5.11 Å². The van der Waals surface area contributed by atoms with Crippen LogP contribution >= 0.6 is 0 Å². The molecule has 1 aromatic carbocycles. The zero-order chi connectivity index (χ0) is 19.3. The van der Waals surface area contributed by atoms with Crippen LogP contribution in [0.3, 0.4) is 0 Å². The lowest BCUT2D eigenvalue weighted by Gasteiger charge is -2.49. The number of aromatic nitrogens is 2. The van der Waals surface area contributed by atoms with Crippen molar-refractivity contribution < 1.29 is 5.11 Å². The van der Waals surface area contributed by atoms with E-state index in [4.69, 9.17) is 5.10 Å². The maximum absolute atomic E-state index is 9.84. The van der Waals surface area contributed by atoms with Gasteiger partial charge in [0.1, 0.15) is 5.75 Å². The molecule has 4 unspecified atom stereocenters. The van der Waals surface area contributed by atoms with Gasteiger partial charge >= 0.3 is 0 Å². The molecular weight excluding hydrogens is 348 g/mol. The summed E-state index contributed by atoms with van der Waals surface area (Å²) in [5.74, 6) is 2.46. The van der Waals surface area contributed by atoms with Crippen molar-refractivity contribution in [1.82, 2.24) is 9.78 Å². The normalized spacial score (nSPS) is 33.1. The number of benzene rings is 1. The van der Waals surface area contributed by atoms with Crippen LogP contribution in [0.1, 0.15) is 61.6 Å². The third-order valence-electron chi connectivity index (χ3n) is 7.56. The average Bonchev–Trinajstić information content (AvgIpc) is 3.24. The lowest BCUT2D eigenvalue weighted by atomic mass is 9.55. The lowest BCUT2D eigenvalue weighted by Crippen LogP contribution is -2.42. The lowest BCUT2D eigenvalue weighted by molar-refractivity contribution is 0.0955. The molecule has 4 atom stereocenters. The molecule has 5 heteroatoms. The van der Waals surface area contributed by atoms with Crippen molar-refractivity contribution in [1.29, 1.82) is 0 Å². The van der Waals surface area contributed by atoms with Crippen LogP contribution in [-0.4, -0.2) is 26.8 Å². The van der Waals surface area contributed by atoms with Crippen molar-refractivity contribution in [3.05, 3.63) is 47.3 Å². The first-order valence-electron chi connectivity index (χ1n) is 10.5. The number of aryl methyl sites for hydroxylation is 2. The van der Waals surface area contributed by atoms with Gasteiger partial charge in [-0.05, 0) is 79.5 Å². The first-order chi connectivity index (χ1) is 13.5. The van der Waals surface area contributed by atoms with Crippen molar-refractivity contribution >= 4 is 11.9 Å². The largest absolute Gasteiger partial charge is 0.508 e. The molecular formula is C23H28N4O. The van der Waals surface area contributed by atoms with E-state index in [0.29, 0.717) is 17.6 Å². The Morgan fingerprint density at radius 2 is 2.14 bits per heavy atom. The van der Waals surface area contributed by atoms with Gasteiger partial charge in [0.25, 0.3) is 0 Å². The second-order valence-electron chi connectivity index (χ2n) is 9.03. The maximum atomic E-state index is 9.84. The van der Waals surface area contributed by atoms with E-state index >= 15 is 0 Å². The molecule has 0 saturated heterocycles. The van der Waals surface area contributed by atoms with Gasteiger partial charge in [0.15, 0.2) is 0 Å². The number of aromatic hydroxyl groups is 1. The van der Waals surface area contributed by atoms with Gasteiger partial charge in [-0.15, -0.1) is 0 Å². The minimum absolute atomic E-state index is 0.182. The van der Waals surface area contributed by atoms with Gasteiger partial charge in [0, 0.05) is 29.9 Å². The highest BCUT2D eigenvalue weighted by Gasteiger charge is 2.53. The second-order valence-corrected chi connectivity index (χ2v) is 9.03. The molecule has 28 heavy (non-hydrogen) atoms. The Morgan fingerprint density at radius 3 is 2.96 bits per heavy atom. The van der Waals surface area contributed by atoms with Crippen molar-refractivity contribution in [3.8, 4) is 5.75 Å². The van der Waals surface area contributed by atoms with Crippen LogP contribution in [-0.2, 0) is 13.5 Å². The third-order valence-corrected chi connectivity index (χ3v) is 7.56. The first kappa shape index (κ1) is 17.7. The number of phenolic OH excluding ortho intramolecular Hbond substituents is 1. The minimum atomic E-state index is 0.182. The minimum Gasteiger partial charge on any atom is -0.508 e. The molecule has 2 saturated carbocycles. The molecule has 0 bridgehead atoms. The van der Waals surface area contributed by atoms with Crippen LogP contribution in [0, 0.1) is 17.3 Å². The summed E-state index contributed by atoms with van der Waals surface area (Å²) >= 11 is 0. The Hall–Kier alpha value is -2.43. The fourth-order valence-corrected chi connectivity index (χ4v) is 6.19. The van der Waals surface area contributed by atoms with Crippen LogP contribution in [0.4, 0.5) is 0 Å². The molecule has 146 valence electrons. The standard InChI is InChI=1S/C23H28N4O/c1-23-10-9-19-18-6-4-17(28)11-16(18)3-5-20(19)21(23)7-8-22(23)26-24-12-15-13-25-27(2)14-15/h4,6,11-14,19-21,28H,3,5,7-10H2,1-2H3. The number of nitrogens with zero attached hydrogens (tertiary/aromatic N) is 4. The summed E-state index contributed by atoms with van der Waals surface area (Å²) in [6, 6.07) is 6.02. The molecule has 1 N–H and O–H groups in total. The van der Waals surface area contributed by atoms with Crippen molar-refractivity contribution in [2.45, 2.75) is 51.4 Å². The molecule has 0 radical (unpaired) electrons. The number of hydrogen-bond donors (Lipinski definition) is 1. The van der Waals surface area contributed by atoms with E-state index < -0.39 is 0 Å². The van der Waals surface area contributed by atoms with E-state index in [-0.39, 0.29) is 5.41 Å². The number of hydrogen-bond acceptors (Lipinski definition) is 4. The van der Waals surface area contributed by atoms with Crippen LogP contribution in [0.5, 0.6) is 5.75 Å². The molecule has 1 heterocycles. The van der Waals surface area contributed by atoms with Gasteiger partial charge in [0.2, 0.25) is 0 Å². The van der Waals surface area contributed by atoms with E-state index in [1.54, 1.807) is 4.68 Å². The van der Waals surface area contributed by atoms with Gasteiger partial charge in [-0.1, -0.05) is 13.0 Å². The summed E-state index contributed by atoms with van der Waals surface area (Å²) in [6.07, 6.45) is 12.6. The highest BCUT2D eigenvalue weighted by molar-refractivity contribution is 5.93.